The Labute approximate surface area is 177 Å². The Morgan fingerprint density at radius 1 is 0.935 bits per heavy atom. The normalized spacial score (nSPS) is 15.5. The summed E-state index contributed by atoms with van der Waals surface area (Å²) in [6, 6.07) is 5.52. The molecule has 1 aliphatic rings. The number of rotatable bonds is 6. The van der Waals surface area contributed by atoms with E-state index in [2.05, 4.69) is 22.9 Å². The Kier molecular flexibility index (Phi) is 6.98. The highest BCUT2D eigenvalue weighted by Crippen LogP contribution is 2.48. The van der Waals surface area contributed by atoms with Crippen molar-refractivity contribution < 1.29 is 40.3 Å². The van der Waals surface area contributed by atoms with Gasteiger partial charge in [-0.1, -0.05) is 12.1 Å². The third-order valence-electron chi connectivity index (χ3n) is 4.52. The van der Waals surface area contributed by atoms with Crippen LogP contribution in [-0.2, 0) is 9.59 Å². The van der Waals surface area contributed by atoms with Gasteiger partial charge < -0.3 is 4.90 Å². The summed E-state index contributed by atoms with van der Waals surface area (Å²) in [6.45, 7) is 0.639. The molecule has 1 aromatic rings. The van der Waals surface area contributed by atoms with Crippen LogP contribution in [-0.4, -0.2) is 48.0 Å². The largest absolute Gasteiger partial charge is 0.431 e. The zero-order valence-corrected chi connectivity index (χ0v) is 16.6. The smallest absolute Gasteiger partial charge is 0.372 e. The molecular formula is C18H16F7N3O2S. The van der Waals surface area contributed by atoms with Crippen molar-refractivity contribution in [1.29, 1.82) is 0 Å². The second-order valence-electron chi connectivity index (χ2n) is 6.51. The van der Waals surface area contributed by atoms with Gasteiger partial charge >= 0.3 is 18.0 Å². The van der Waals surface area contributed by atoms with Crippen molar-refractivity contribution in [1.82, 2.24) is 10.6 Å². The number of nitrogens with one attached hydrogen (secondary N) is 2. The van der Waals surface area contributed by atoms with Gasteiger partial charge in [0, 0.05) is 25.2 Å². The van der Waals surface area contributed by atoms with Gasteiger partial charge in [-0.2, -0.15) is 26.3 Å². The summed E-state index contributed by atoms with van der Waals surface area (Å²) in [4.78, 5) is 24.8. The van der Waals surface area contributed by atoms with Crippen LogP contribution in [0.1, 0.15) is 18.9 Å². The fourth-order valence-electron chi connectivity index (χ4n) is 2.76. The van der Waals surface area contributed by atoms with Crippen LogP contribution in [0, 0.1) is 0 Å². The molecule has 0 aromatic heterocycles. The fourth-order valence-corrected chi connectivity index (χ4v) is 2.94. The molecule has 170 valence electrons. The lowest BCUT2D eigenvalue weighted by Crippen LogP contribution is -2.54. The molecule has 5 nitrogen and oxygen atoms in total. The lowest BCUT2D eigenvalue weighted by Gasteiger charge is -2.32. The standard InChI is InChI=1S/C18H16F7N3O2S/c1-2-28(8-7-16(19,17(20,21)22)18(23,24)25)11-5-3-10(4-6-11)9-12-13(29)26-15(31)27-14(12)30/h3-6,9H,2,7-8H2,1H3,(H2,26,27,29,30,31). The minimum absolute atomic E-state index is 0.00842. The predicted molar refractivity (Wildman–Crippen MR) is 102 cm³/mol. The second-order valence-corrected chi connectivity index (χ2v) is 6.92. The molecule has 0 saturated carbocycles. The van der Waals surface area contributed by atoms with Gasteiger partial charge in [0.1, 0.15) is 5.57 Å². The third kappa shape index (κ3) is 5.32. The van der Waals surface area contributed by atoms with Crippen molar-refractivity contribution in [2.24, 2.45) is 0 Å². The van der Waals surface area contributed by atoms with Gasteiger partial charge in [-0.05, 0) is 42.9 Å². The van der Waals surface area contributed by atoms with Crippen molar-refractivity contribution in [2.45, 2.75) is 31.4 Å². The topological polar surface area (TPSA) is 61.4 Å². The highest BCUT2D eigenvalue weighted by Gasteiger charge is 2.71. The Bertz CT molecular complexity index is 859. The Morgan fingerprint density at radius 2 is 1.42 bits per heavy atom. The SMILES string of the molecule is CCN(CCC(F)(C(F)(F)F)C(F)(F)F)c1ccc(C=C2C(=O)NC(=S)NC2=O)cc1. The zero-order chi connectivity index (χ0) is 23.6. The number of benzene rings is 1. The van der Waals surface area contributed by atoms with Crippen molar-refractivity contribution in [2.75, 3.05) is 18.0 Å². The predicted octanol–water partition coefficient (Wildman–Crippen LogP) is 3.65. The van der Waals surface area contributed by atoms with E-state index in [1.54, 1.807) is 0 Å². The van der Waals surface area contributed by atoms with E-state index in [4.69, 9.17) is 0 Å². The number of halogens is 7. The van der Waals surface area contributed by atoms with Gasteiger partial charge in [0.2, 0.25) is 0 Å². The first-order chi connectivity index (χ1) is 14.2. The molecular weight excluding hydrogens is 455 g/mol. The van der Waals surface area contributed by atoms with Crippen molar-refractivity contribution in [3.63, 3.8) is 0 Å². The molecule has 1 heterocycles. The van der Waals surface area contributed by atoms with Gasteiger partial charge in [0.15, 0.2) is 5.11 Å². The summed E-state index contributed by atoms with van der Waals surface area (Å²) in [5.41, 5.74) is -4.99. The summed E-state index contributed by atoms with van der Waals surface area (Å²) in [5.74, 6) is -1.46. The van der Waals surface area contributed by atoms with E-state index >= 15 is 0 Å². The molecule has 1 aromatic carbocycles. The first kappa shape index (κ1) is 24.6. The van der Waals surface area contributed by atoms with E-state index in [-0.39, 0.29) is 22.9 Å². The molecule has 0 aliphatic carbocycles. The summed E-state index contributed by atoms with van der Waals surface area (Å²) in [6.07, 6.45) is -12.8. The van der Waals surface area contributed by atoms with Crippen LogP contribution in [0.15, 0.2) is 29.8 Å². The molecule has 2 N–H and O–H groups in total. The number of hydrogen-bond donors (Lipinski definition) is 2. The summed E-state index contributed by atoms with van der Waals surface area (Å²) < 4.78 is 90.2. The van der Waals surface area contributed by atoms with Gasteiger partial charge in [0.25, 0.3) is 11.8 Å². The van der Waals surface area contributed by atoms with E-state index in [1.807, 2.05) is 0 Å². The van der Waals surface area contributed by atoms with Crippen LogP contribution >= 0.6 is 12.2 Å². The number of anilines is 1. The van der Waals surface area contributed by atoms with E-state index in [1.165, 1.54) is 37.3 Å². The van der Waals surface area contributed by atoms with Crippen molar-refractivity contribution in [3.05, 3.63) is 35.4 Å². The third-order valence-corrected chi connectivity index (χ3v) is 4.72. The number of carbonyl (C=O) groups excluding carboxylic acids is 2. The quantitative estimate of drug-likeness (QED) is 0.288. The van der Waals surface area contributed by atoms with E-state index in [9.17, 15) is 40.3 Å². The maximum absolute atomic E-state index is 13.9. The first-order valence-corrected chi connectivity index (χ1v) is 9.16. The van der Waals surface area contributed by atoms with E-state index < -0.39 is 42.8 Å². The highest BCUT2D eigenvalue weighted by atomic mass is 32.1. The minimum atomic E-state index is -6.11. The summed E-state index contributed by atoms with van der Waals surface area (Å²) in [7, 11) is 0. The number of nitrogens with zero attached hydrogens (tertiary/aromatic N) is 1. The number of alkyl halides is 7. The fraction of sp³-hybridized carbons (Fsp3) is 0.389. The Morgan fingerprint density at radius 3 is 1.84 bits per heavy atom. The second kappa shape index (κ2) is 8.81. The molecule has 2 rings (SSSR count). The van der Waals surface area contributed by atoms with Crippen LogP contribution < -0.4 is 15.5 Å². The lowest BCUT2D eigenvalue weighted by molar-refractivity contribution is -0.342. The molecule has 0 bridgehead atoms. The molecule has 1 fully saturated rings. The van der Waals surface area contributed by atoms with E-state index in [0.717, 1.165) is 4.90 Å². The number of thiocarbonyl (C=S) groups is 1. The van der Waals surface area contributed by atoms with Crippen LogP contribution in [0.4, 0.5) is 36.4 Å². The number of amides is 2. The molecule has 13 heteroatoms. The van der Waals surface area contributed by atoms with Gasteiger partial charge in [0.05, 0.1) is 0 Å². The monoisotopic (exact) mass is 471 g/mol. The molecule has 0 radical (unpaired) electrons. The zero-order valence-electron chi connectivity index (χ0n) is 15.8. The maximum atomic E-state index is 13.9. The van der Waals surface area contributed by atoms with Gasteiger partial charge in [-0.25, -0.2) is 4.39 Å². The summed E-state index contributed by atoms with van der Waals surface area (Å²) >= 11 is 4.67. The van der Waals surface area contributed by atoms with Crippen molar-refractivity contribution >= 4 is 40.9 Å². The molecule has 0 spiro atoms. The number of carbonyl (C=O) groups is 2. The molecule has 1 saturated heterocycles. The Hall–Kier alpha value is -2.70. The van der Waals surface area contributed by atoms with E-state index in [0.29, 0.717) is 5.56 Å². The first-order valence-electron chi connectivity index (χ1n) is 8.75. The lowest BCUT2D eigenvalue weighted by atomic mass is 9.99. The maximum Gasteiger partial charge on any atom is 0.431 e. The van der Waals surface area contributed by atoms with Gasteiger partial charge in [-0.15, -0.1) is 0 Å². The minimum Gasteiger partial charge on any atom is -0.372 e. The highest BCUT2D eigenvalue weighted by molar-refractivity contribution is 7.80. The van der Waals surface area contributed by atoms with Crippen LogP contribution in [0.25, 0.3) is 6.08 Å². The number of hydrogen-bond acceptors (Lipinski definition) is 4. The molecule has 0 atom stereocenters. The average molecular weight is 471 g/mol. The summed E-state index contributed by atoms with van der Waals surface area (Å²) in [5, 5.41) is 4.33. The molecule has 0 unspecified atom stereocenters. The van der Waals surface area contributed by atoms with Gasteiger partial charge in [-0.3, -0.25) is 20.2 Å². The molecule has 1 aliphatic heterocycles. The van der Waals surface area contributed by atoms with Crippen LogP contribution in [0.3, 0.4) is 0 Å². The van der Waals surface area contributed by atoms with Crippen LogP contribution in [0.2, 0.25) is 0 Å². The molecule has 2 amide bonds. The van der Waals surface area contributed by atoms with Crippen LogP contribution in [0.5, 0.6) is 0 Å². The molecule has 31 heavy (non-hydrogen) atoms. The Balaban J connectivity index is 2.19. The van der Waals surface area contributed by atoms with Crippen molar-refractivity contribution in [3.8, 4) is 0 Å². The average Bonchev–Trinajstić information content (AvgIpc) is 2.64.